The number of benzene rings is 2. The van der Waals surface area contributed by atoms with Gasteiger partial charge in [-0.15, -0.1) is 11.3 Å². The lowest BCUT2D eigenvalue weighted by atomic mass is 10.00. The molecule has 4 aromatic rings. The molecule has 5 rings (SSSR count). The normalized spacial score (nSPS) is 17.2. The molecular weight excluding hydrogens is 496 g/mol. The molecule has 1 saturated heterocycles. The van der Waals surface area contributed by atoms with Gasteiger partial charge in [0, 0.05) is 10.4 Å². The number of ketones is 1. The Bertz CT molecular complexity index is 1440. The van der Waals surface area contributed by atoms with Crippen molar-refractivity contribution in [3.8, 4) is 11.5 Å². The van der Waals surface area contributed by atoms with E-state index in [1.165, 1.54) is 27.6 Å². The maximum Gasteiger partial charge on any atom is 0.301 e. The van der Waals surface area contributed by atoms with Crippen LogP contribution in [0.2, 0.25) is 0 Å². The second-order valence-corrected chi connectivity index (χ2v) is 10.1. The number of aliphatic hydroxyl groups excluding tert-OH is 1. The molecule has 184 valence electrons. The average Bonchev–Trinajstić information content (AvgIpc) is 3.61. The van der Waals surface area contributed by atoms with E-state index in [0.29, 0.717) is 40.9 Å². The third kappa shape index (κ3) is 4.36. The molecular formula is C27H24N2O5S2. The molecule has 0 spiro atoms. The van der Waals surface area contributed by atoms with Crippen molar-refractivity contribution < 1.29 is 24.2 Å². The van der Waals surface area contributed by atoms with E-state index < -0.39 is 17.7 Å². The Hall–Kier alpha value is -3.69. The molecule has 1 atom stereocenters. The summed E-state index contributed by atoms with van der Waals surface area (Å²) in [7, 11) is 0. The minimum absolute atomic E-state index is 0.0407. The number of rotatable bonds is 8. The third-order valence-corrected chi connectivity index (χ3v) is 7.67. The van der Waals surface area contributed by atoms with Gasteiger partial charge in [0.1, 0.15) is 23.3 Å². The van der Waals surface area contributed by atoms with Crippen molar-refractivity contribution in [3.05, 3.63) is 76.0 Å². The van der Waals surface area contributed by atoms with E-state index in [1.807, 2.05) is 49.6 Å². The van der Waals surface area contributed by atoms with Crippen LogP contribution in [0.4, 0.5) is 5.13 Å². The van der Waals surface area contributed by atoms with Crippen molar-refractivity contribution in [3.63, 3.8) is 0 Å². The average molecular weight is 521 g/mol. The zero-order valence-corrected chi connectivity index (χ0v) is 21.4. The Balaban J connectivity index is 1.59. The molecule has 2 aromatic heterocycles. The van der Waals surface area contributed by atoms with Gasteiger partial charge < -0.3 is 14.6 Å². The second kappa shape index (κ2) is 10.1. The quantitative estimate of drug-likeness (QED) is 0.170. The van der Waals surface area contributed by atoms with Crippen LogP contribution < -0.4 is 14.4 Å². The first kappa shape index (κ1) is 24.0. The van der Waals surface area contributed by atoms with Crippen LogP contribution in [0.5, 0.6) is 11.5 Å². The zero-order chi connectivity index (χ0) is 25.2. The first-order chi connectivity index (χ1) is 17.5. The number of thiazole rings is 1. The number of aliphatic hydroxyl groups is 1. The molecule has 1 N–H and O–H groups in total. The molecule has 1 aliphatic heterocycles. The van der Waals surface area contributed by atoms with Crippen molar-refractivity contribution in [2.45, 2.75) is 26.3 Å². The van der Waals surface area contributed by atoms with Crippen LogP contribution >= 0.6 is 22.7 Å². The maximum atomic E-state index is 13.3. The number of thiophene rings is 1. The van der Waals surface area contributed by atoms with Crippen molar-refractivity contribution in [2.24, 2.45) is 0 Å². The number of carbonyl (C=O) groups excluding carboxylic acids is 2. The fraction of sp³-hybridized carbons (Fsp3) is 0.222. The molecule has 7 nitrogen and oxygen atoms in total. The summed E-state index contributed by atoms with van der Waals surface area (Å²) in [6.07, 6.45) is 0.880. The number of anilines is 1. The van der Waals surface area contributed by atoms with Gasteiger partial charge in [0.25, 0.3) is 5.78 Å². The number of hydrogen-bond donors (Lipinski definition) is 1. The molecule has 1 aliphatic rings. The zero-order valence-electron chi connectivity index (χ0n) is 19.8. The fourth-order valence-electron chi connectivity index (χ4n) is 4.08. The lowest BCUT2D eigenvalue weighted by molar-refractivity contribution is -0.132. The molecule has 0 bridgehead atoms. The molecule has 0 radical (unpaired) electrons. The molecule has 36 heavy (non-hydrogen) atoms. The van der Waals surface area contributed by atoms with Crippen molar-refractivity contribution in [1.29, 1.82) is 0 Å². The summed E-state index contributed by atoms with van der Waals surface area (Å²) < 4.78 is 12.0. The van der Waals surface area contributed by atoms with Gasteiger partial charge in [-0.2, -0.15) is 0 Å². The first-order valence-corrected chi connectivity index (χ1v) is 13.3. The highest BCUT2D eigenvalue weighted by molar-refractivity contribution is 7.22. The Labute approximate surface area is 216 Å². The van der Waals surface area contributed by atoms with E-state index in [-0.39, 0.29) is 11.3 Å². The predicted octanol–water partition coefficient (Wildman–Crippen LogP) is 6.17. The number of aromatic nitrogens is 1. The number of nitrogens with zero attached hydrogens (tertiary/aromatic N) is 2. The van der Waals surface area contributed by atoms with E-state index in [4.69, 9.17) is 9.47 Å². The smallest absolute Gasteiger partial charge is 0.301 e. The van der Waals surface area contributed by atoms with Crippen LogP contribution in [0.25, 0.3) is 16.0 Å². The van der Waals surface area contributed by atoms with Gasteiger partial charge in [0.05, 0.1) is 29.0 Å². The van der Waals surface area contributed by atoms with Gasteiger partial charge in [0.15, 0.2) is 5.13 Å². The number of carbonyl (C=O) groups is 2. The lowest BCUT2D eigenvalue weighted by Gasteiger charge is -2.21. The molecule has 2 aromatic carbocycles. The Morgan fingerprint density at radius 2 is 1.83 bits per heavy atom. The predicted molar refractivity (Wildman–Crippen MR) is 142 cm³/mol. The van der Waals surface area contributed by atoms with E-state index >= 15 is 0 Å². The molecule has 0 aliphatic carbocycles. The molecule has 1 fully saturated rings. The summed E-state index contributed by atoms with van der Waals surface area (Å²) in [5, 5.41) is 13.5. The van der Waals surface area contributed by atoms with Crippen LogP contribution in [0.1, 0.15) is 36.8 Å². The Kier molecular flexibility index (Phi) is 6.75. The topological polar surface area (TPSA) is 89.0 Å². The third-order valence-electron chi connectivity index (χ3n) is 5.72. The van der Waals surface area contributed by atoms with Crippen molar-refractivity contribution in [1.82, 2.24) is 4.98 Å². The van der Waals surface area contributed by atoms with Crippen LogP contribution in [0, 0.1) is 0 Å². The van der Waals surface area contributed by atoms with Crippen LogP contribution in [-0.4, -0.2) is 35.0 Å². The first-order valence-electron chi connectivity index (χ1n) is 11.6. The number of amides is 1. The standard InChI is InChI=1S/C27H24N2O5S2/c1-3-13-34-17-9-7-16(8-10-17)24(30)22-23(20-6-5-14-35-20)29(26(32)25(22)31)27-28-19-12-11-18(33-4-2)15-21(19)36-27/h5-12,14-15,23,30H,3-4,13H2,1-2H3. The maximum absolute atomic E-state index is 13.3. The van der Waals surface area contributed by atoms with Crippen LogP contribution in [-0.2, 0) is 9.59 Å². The summed E-state index contributed by atoms with van der Waals surface area (Å²) in [6.45, 7) is 5.06. The van der Waals surface area contributed by atoms with Gasteiger partial charge in [-0.05, 0) is 67.3 Å². The number of fused-ring (bicyclic) bond motifs is 1. The summed E-state index contributed by atoms with van der Waals surface area (Å²) in [5.74, 6) is -0.308. The summed E-state index contributed by atoms with van der Waals surface area (Å²) >= 11 is 2.72. The molecule has 3 heterocycles. The van der Waals surface area contributed by atoms with Gasteiger partial charge in [-0.3, -0.25) is 14.5 Å². The van der Waals surface area contributed by atoms with E-state index in [1.54, 1.807) is 24.3 Å². The number of Topliss-reactive ketones (excluding diaryl/α,β-unsaturated/α-hetero) is 1. The SMILES string of the molecule is CCCOc1ccc(C(O)=C2C(=O)C(=O)N(c3nc4ccc(OCC)cc4s3)C2c2cccs2)cc1. The monoisotopic (exact) mass is 520 g/mol. The summed E-state index contributed by atoms with van der Waals surface area (Å²) in [5.41, 5.74) is 1.18. The second-order valence-electron chi connectivity index (χ2n) is 8.12. The van der Waals surface area contributed by atoms with Gasteiger partial charge in [-0.1, -0.05) is 24.3 Å². The van der Waals surface area contributed by atoms with Crippen LogP contribution in [0.15, 0.2) is 65.6 Å². The number of ether oxygens (including phenoxy) is 2. The summed E-state index contributed by atoms with van der Waals surface area (Å²) in [4.78, 5) is 33.4. The van der Waals surface area contributed by atoms with Crippen molar-refractivity contribution in [2.75, 3.05) is 18.1 Å². The minimum Gasteiger partial charge on any atom is -0.507 e. The summed E-state index contributed by atoms with van der Waals surface area (Å²) in [6, 6.07) is 15.3. The van der Waals surface area contributed by atoms with E-state index in [0.717, 1.165) is 16.0 Å². The molecule has 9 heteroatoms. The highest BCUT2D eigenvalue weighted by atomic mass is 32.1. The van der Waals surface area contributed by atoms with Gasteiger partial charge in [-0.25, -0.2) is 4.98 Å². The fourth-order valence-corrected chi connectivity index (χ4v) is 5.93. The largest absolute Gasteiger partial charge is 0.507 e. The highest BCUT2D eigenvalue weighted by Gasteiger charge is 2.48. The Morgan fingerprint density at radius 3 is 2.53 bits per heavy atom. The van der Waals surface area contributed by atoms with E-state index in [9.17, 15) is 14.7 Å². The van der Waals surface area contributed by atoms with Gasteiger partial charge in [0.2, 0.25) is 0 Å². The van der Waals surface area contributed by atoms with Gasteiger partial charge >= 0.3 is 5.91 Å². The lowest BCUT2D eigenvalue weighted by Crippen LogP contribution is -2.28. The molecule has 1 amide bonds. The molecule has 1 unspecified atom stereocenters. The minimum atomic E-state index is -0.784. The van der Waals surface area contributed by atoms with Crippen LogP contribution in [0.3, 0.4) is 0 Å². The number of hydrogen-bond acceptors (Lipinski definition) is 8. The van der Waals surface area contributed by atoms with E-state index in [2.05, 4.69) is 4.98 Å². The Morgan fingerprint density at radius 1 is 1.06 bits per heavy atom. The van der Waals surface area contributed by atoms with Crippen molar-refractivity contribution >= 4 is 55.5 Å². The highest BCUT2D eigenvalue weighted by Crippen LogP contribution is 2.45. The molecule has 0 saturated carbocycles.